The Morgan fingerprint density at radius 3 is 2.68 bits per heavy atom. The normalized spacial score (nSPS) is 10.3. The Bertz CT molecular complexity index is 659. The summed E-state index contributed by atoms with van der Waals surface area (Å²) in [5.74, 6) is 0.391. The molecule has 0 unspecified atom stereocenters. The third kappa shape index (κ3) is 4.39. The van der Waals surface area contributed by atoms with Gasteiger partial charge in [-0.25, -0.2) is 0 Å². The number of hydrogen-bond acceptors (Lipinski definition) is 2. The van der Waals surface area contributed by atoms with Crippen molar-refractivity contribution in [1.82, 2.24) is 5.32 Å². The van der Waals surface area contributed by atoms with Crippen LogP contribution in [-0.2, 0) is 6.61 Å². The number of benzene rings is 2. The Labute approximate surface area is 140 Å². The maximum absolute atomic E-state index is 12.1. The Morgan fingerprint density at radius 1 is 1.18 bits per heavy atom. The summed E-state index contributed by atoms with van der Waals surface area (Å²) in [5, 5.41) is 3.96. The van der Waals surface area contributed by atoms with Crippen LogP contribution in [0.25, 0.3) is 0 Å². The lowest BCUT2D eigenvalue weighted by Crippen LogP contribution is -2.24. The Kier molecular flexibility index (Phi) is 6.10. The molecular formula is C17H17Cl2NO2. The summed E-state index contributed by atoms with van der Waals surface area (Å²) < 4.78 is 5.76. The minimum atomic E-state index is -0.139. The van der Waals surface area contributed by atoms with E-state index in [0.29, 0.717) is 27.9 Å². The topological polar surface area (TPSA) is 38.3 Å². The summed E-state index contributed by atoms with van der Waals surface area (Å²) in [7, 11) is 0. The Morgan fingerprint density at radius 2 is 1.95 bits per heavy atom. The van der Waals surface area contributed by atoms with E-state index in [1.54, 1.807) is 24.3 Å². The van der Waals surface area contributed by atoms with E-state index in [2.05, 4.69) is 5.32 Å². The number of ether oxygens (including phenoxy) is 1. The molecule has 0 heterocycles. The van der Waals surface area contributed by atoms with Crippen LogP contribution < -0.4 is 10.1 Å². The molecule has 0 spiro atoms. The number of hydrogen-bond donors (Lipinski definition) is 1. The van der Waals surface area contributed by atoms with E-state index in [4.69, 9.17) is 27.9 Å². The summed E-state index contributed by atoms with van der Waals surface area (Å²) in [4.78, 5) is 12.1. The van der Waals surface area contributed by atoms with Crippen molar-refractivity contribution in [3.05, 3.63) is 63.6 Å². The van der Waals surface area contributed by atoms with E-state index in [0.717, 1.165) is 12.0 Å². The second-order valence-corrected chi connectivity index (χ2v) is 5.62. The van der Waals surface area contributed by atoms with Crippen molar-refractivity contribution >= 4 is 29.1 Å². The first kappa shape index (κ1) is 16.7. The highest BCUT2D eigenvalue weighted by Crippen LogP contribution is 2.24. The van der Waals surface area contributed by atoms with Gasteiger partial charge in [0.15, 0.2) is 0 Å². The van der Waals surface area contributed by atoms with Gasteiger partial charge in [0.25, 0.3) is 5.91 Å². The van der Waals surface area contributed by atoms with Crippen molar-refractivity contribution in [1.29, 1.82) is 0 Å². The second kappa shape index (κ2) is 8.06. The third-order valence-corrected chi connectivity index (χ3v) is 3.65. The Balaban J connectivity index is 2.11. The minimum Gasteiger partial charge on any atom is -0.488 e. The molecule has 0 aliphatic heterocycles. The SMILES string of the molecule is CCCNC(=O)c1ccccc1OCc1ccc(Cl)cc1Cl. The molecule has 1 N–H and O–H groups in total. The van der Waals surface area contributed by atoms with Gasteiger partial charge in [-0.1, -0.05) is 48.3 Å². The van der Waals surface area contributed by atoms with Gasteiger partial charge in [-0.05, 0) is 30.7 Å². The van der Waals surface area contributed by atoms with Crippen LogP contribution in [0.15, 0.2) is 42.5 Å². The van der Waals surface area contributed by atoms with Crippen LogP contribution in [0.1, 0.15) is 29.3 Å². The summed E-state index contributed by atoms with van der Waals surface area (Å²) in [6.07, 6.45) is 0.884. The fourth-order valence-electron chi connectivity index (χ4n) is 1.91. The number of nitrogens with one attached hydrogen (secondary N) is 1. The van der Waals surface area contributed by atoms with Crippen molar-refractivity contribution in [2.75, 3.05) is 6.54 Å². The molecule has 2 aromatic carbocycles. The van der Waals surface area contributed by atoms with E-state index in [-0.39, 0.29) is 12.5 Å². The number of amides is 1. The predicted molar refractivity (Wildman–Crippen MR) is 89.9 cm³/mol. The van der Waals surface area contributed by atoms with Crippen molar-refractivity contribution in [3.63, 3.8) is 0 Å². The molecule has 0 bridgehead atoms. The first-order valence-corrected chi connectivity index (χ1v) is 7.81. The Hall–Kier alpha value is -1.71. The molecule has 3 nitrogen and oxygen atoms in total. The van der Waals surface area contributed by atoms with Gasteiger partial charge in [0.05, 0.1) is 5.56 Å². The number of halogens is 2. The van der Waals surface area contributed by atoms with Crippen LogP contribution in [0.5, 0.6) is 5.75 Å². The largest absolute Gasteiger partial charge is 0.488 e. The van der Waals surface area contributed by atoms with E-state index in [1.165, 1.54) is 0 Å². The zero-order chi connectivity index (χ0) is 15.9. The zero-order valence-corrected chi connectivity index (χ0v) is 13.7. The van der Waals surface area contributed by atoms with Crippen LogP contribution in [0, 0.1) is 0 Å². The minimum absolute atomic E-state index is 0.139. The number of rotatable bonds is 6. The predicted octanol–water partition coefficient (Wildman–Crippen LogP) is 4.71. The second-order valence-electron chi connectivity index (χ2n) is 4.78. The molecule has 1 amide bonds. The zero-order valence-electron chi connectivity index (χ0n) is 12.2. The quantitative estimate of drug-likeness (QED) is 0.828. The van der Waals surface area contributed by atoms with Gasteiger partial charge in [0, 0.05) is 22.2 Å². The van der Waals surface area contributed by atoms with E-state index < -0.39 is 0 Å². The molecule has 0 aliphatic rings. The first-order valence-electron chi connectivity index (χ1n) is 7.05. The van der Waals surface area contributed by atoms with Crippen molar-refractivity contribution in [2.24, 2.45) is 0 Å². The molecule has 2 rings (SSSR count). The lowest BCUT2D eigenvalue weighted by atomic mass is 10.2. The molecular weight excluding hydrogens is 321 g/mol. The number of para-hydroxylation sites is 1. The molecule has 0 aliphatic carbocycles. The molecule has 0 aromatic heterocycles. The van der Waals surface area contributed by atoms with Gasteiger partial charge in [-0.15, -0.1) is 0 Å². The molecule has 0 saturated heterocycles. The number of carbonyl (C=O) groups excluding carboxylic acids is 1. The highest BCUT2D eigenvalue weighted by Gasteiger charge is 2.12. The van der Waals surface area contributed by atoms with Crippen LogP contribution in [0.2, 0.25) is 10.0 Å². The van der Waals surface area contributed by atoms with Gasteiger partial charge in [0.2, 0.25) is 0 Å². The van der Waals surface area contributed by atoms with Crippen LogP contribution in [0.4, 0.5) is 0 Å². The first-order chi connectivity index (χ1) is 10.6. The third-order valence-electron chi connectivity index (χ3n) is 3.07. The summed E-state index contributed by atoms with van der Waals surface area (Å²) >= 11 is 12.0. The molecule has 22 heavy (non-hydrogen) atoms. The average Bonchev–Trinajstić information content (AvgIpc) is 2.52. The average molecular weight is 338 g/mol. The smallest absolute Gasteiger partial charge is 0.255 e. The fourth-order valence-corrected chi connectivity index (χ4v) is 2.37. The highest BCUT2D eigenvalue weighted by molar-refractivity contribution is 6.35. The van der Waals surface area contributed by atoms with Crippen LogP contribution in [0.3, 0.4) is 0 Å². The van der Waals surface area contributed by atoms with Gasteiger partial charge in [0.1, 0.15) is 12.4 Å². The molecule has 0 fully saturated rings. The summed E-state index contributed by atoms with van der Waals surface area (Å²) in [6.45, 7) is 2.91. The van der Waals surface area contributed by atoms with E-state index in [1.807, 2.05) is 25.1 Å². The van der Waals surface area contributed by atoms with Crippen molar-refractivity contribution < 1.29 is 9.53 Å². The van der Waals surface area contributed by atoms with Crippen molar-refractivity contribution in [3.8, 4) is 5.75 Å². The van der Waals surface area contributed by atoms with Gasteiger partial charge in [-0.3, -0.25) is 4.79 Å². The summed E-state index contributed by atoms with van der Waals surface area (Å²) in [6, 6.07) is 12.4. The monoisotopic (exact) mass is 337 g/mol. The van der Waals surface area contributed by atoms with Crippen LogP contribution in [-0.4, -0.2) is 12.5 Å². The lowest BCUT2D eigenvalue weighted by molar-refractivity contribution is 0.0949. The fraction of sp³-hybridized carbons (Fsp3) is 0.235. The maximum Gasteiger partial charge on any atom is 0.255 e. The highest BCUT2D eigenvalue weighted by atomic mass is 35.5. The van der Waals surface area contributed by atoms with Gasteiger partial charge >= 0.3 is 0 Å². The van der Waals surface area contributed by atoms with Crippen LogP contribution >= 0.6 is 23.2 Å². The molecule has 5 heteroatoms. The molecule has 0 radical (unpaired) electrons. The number of carbonyl (C=O) groups is 1. The molecule has 0 atom stereocenters. The van der Waals surface area contributed by atoms with Gasteiger partial charge < -0.3 is 10.1 Å². The molecule has 2 aromatic rings. The molecule has 0 saturated carbocycles. The van der Waals surface area contributed by atoms with E-state index in [9.17, 15) is 4.79 Å². The molecule has 116 valence electrons. The van der Waals surface area contributed by atoms with E-state index >= 15 is 0 Å². The standard InChI is InChI=1S/C17H17Cl2NO2/c1-2-9-20-17(21)14-5-3-4-6-16(14)22-11-12-7-8-13(18)10-15(12)19/h3-8,10H,2,9,11H2,1H3,(H,20,21). The lowest BCUT2D eigenvalue weighted by Gasteiger charge is -2.12. The van der Waals surface area contributed by atoms with Crippen molar-refractivity contribution in [2.45, 2.75) is 20.0 Å². The summed E-state index contributed by atoms with van der Waals surface area (Å²) in [5.41, 5.74) is 1.33. The maximum atomic E-state index is 12.1. The van der Waals surface area contributed by atoms with Gasteiger partial charge in [-0.2, -0.15) is 0 Å².